The molecule has 0 saturated carbocycles. The zero-order valence-corrected chi connectivity index (χ0v) is 16.5. The lowest BCUT2D eigenvalue weighted by atomic mass is 10.2. The molecule has 0 aliphatic heterocycles. The number of carbonyl (C=O) groups is 3. The van der Waals surface area contributed by atoms with Gasteiger partial charge in [0.2, 0.25) is 5.91 Å². The van der Waals surface area contributed by atoms with Crippen molar-refractivity contribution in [3.8, 4) is 5.69 Å². The lowest BCUT2D eigenvalue weighted by molar-refractivity contribution is -0.127. The Hall–Kier alpha value is -4.01. The van der Waals surface area contributed by atoms with E-state index in [-0.39, 0.29) is 23.6 Å². The van der Waals surface area contributed by atoms with Crippen LogP contribution in [0.3, 0.4) is 0 Å². The van der Waals surface area contributed by atoms with Crippen molar-refractivity contribution in [2.24, 2.45) is 0 Å². The Morgan fingerprint density at radius 1 is 1.03 bits per heavy atom. The van der Waals surface area contributed by atoms with Crippen molar-refractivity contribution in [1.82, 2.24) is 20.2 Å². The zero-order chi connectivity index (χ0) is 21.7. The monoisotopic (exact) mass is 408 g/mol. The van der Waals surface area contributed by atoms with Crippen molar-refractivity contribution in [1.29, 1.82) is 0 Å². The number of amides is 2. The van der Waals surface area contributed by atoms with Crippen LogP contribution in [-0.4, -0.2) is 47.5 Å². The van der Waals surface area contributed by atoms with Gasteiger partial charge in [-0.1, -0.05) is 12.1 Å². The molecule has 1 aromatic heterocycles. The number of nitrogens with zero attached hydrogens (tertiary/aromatic N) is 2. The standard InChI is InChI=1S/C21H20N4O5/c1-13-24-17-6-4-3-5-16(17)20(28)25(13)15-9-7-14(8-10-15)21(29)30-12-19(27)23-11-18(26)22-2/h3-10H,11-12H2,1-2H3,(H,22,26)(H,23,27). The minimum Gasteiger partial charge on any atom is -0.452 e. The highest BCUT2D eigenvalue weighted by Gasteiger charge is 2.13. The van der Waals surface area contributed by atoms with Gasteiger partial charge in [0.1, 0.15) is 5.82 Å². The minimum atomic E-state index is -0.697. The molecule has 0 spiro atoms. The number of hydrogen-bond donors (Lipinski definition) is 2. The van der Waals surface area contributed by atoms with Gasteiger partial charge in [-0.15, -0.1) is 0 Å². The highest BCUT2D eigenvalue weighted by atomic mass is 16.5. The first-order chi connectivity index (χ1) is 14.4. The van der Waals surface area contributed by atoms with Crippen LogP contribution in [0.25, 0.3) is 16.6 Å². The van der Waals surface area contributed by atoms with E-state index in [0.717, 1.165) is 0 Å². The van der Waals surface area contributed by atoms with Gasteiger partial charge in [-0.3, -0.25) is 19.0 Å². The molecule has 30 heavy (non-hydrogen) atoms. The third-order valence-corrected chi connectivity index (χ3v) is 4.36. The Kier molecular flexibility index (Phi) is 6.21. The number of rotatable bonds is 6. The second-order valence-electron chi connectivity index (χ2n) is 6.39. The summed E-state index contributed by atoms with van der Waals surface area (Å²) in [5, 5.41) is 5.18. The van der Waals surface area contributed by atoms with Crippen molar-refractivity contribution in [3.05, 3.63) is 70.3 Å². The first-order valence-electron chi connectivity index (χ1n) is 9.14. The molecule has 3 aromatic rings. The van der Waals surface area contributed by atoms with Crippen molar-refractivity contribution < 1.29 is 19.1 Å². The molecule has 0 saturated heterocycles. The topological polar surface area (TPSA) is 119 Å². The Balaban J connectivity index is 1.72. The van der Waals surface area contributed by atoms with Crippen molar-refractivity contribution in [2.45, 2.75) is 6.92 Å². The Bertz CT molecular complexity index is 1170. The van der Waals surface area contributed by atoms with Crippen LogP contribution >= 0.6 is 0 Å². The van der Waals surface area contributed by atoms with Crippen LogP contribution in [0.1, 0.15) is 16.2 Å². The predicted molar refractivity (Wildman–Crippen MR) is 109 cm³/mol. The SMILES string of the molecule is CNC(=O)CNC(=O)COC(=O)c1ccc(-n2c(C)nc3ccccc3c2=O)cc1. The molecule has 3 rings (SSSR count). The summed E-state index contributed by atoms with van der Waals surface area (Å²) >= 11 is 0. The molecule has 0 atom stereocenters. The van der Waals surface area contributed by atoms with Crippen LogP contribution < -0.4 is 16.2 Å². The fourth-order valence-electron chi connectivity index (χ4n) is 2.83. The molecule has 2 aromatic carbocycles. The number of aryl methyl sites for hydroxylation is 1. The molecular weight excluding hydrogens is 388 g/mol. The van der Waals surface area contributed by atoms with E-state index in [2.05, 4.69) is 15.6 Å². The first kappa shape index (κ1) is 20.7. The average Bonchev–Trinajstić information content (AvgIpc) is 2.76. The molecule has 2 N–H and O–H groups in total. The van der Waals surface area contributed by atoms with Crippen molar-refractivity contribution >= 4 is 28.7 Å². The maximum Gasteiger partial charge on any atom is 0.338 e. The zero-order valence-electron chi connectivity index (χ0n) is 16.5. The summed E-state index contributed by atoms with van der Waals surface area (Å²) in [6.45, 7) is 1.02. The summed E-state index contributed by atoms with van der Waals surface area (Å²) in [6, 6.07) is 13.3. The summed E-state index contributed by atoms with van der Waals surface area (Å²) in [7, 11) is 1.45. The number of hydrogen-bond acceptors (Lipinski definition) is 6. The molecular formula is C21H20N4O5. The minimum absolute atomic E-state index is 0.199. The van der Waals surface area contributed by atoms with Gasteiger partial charge < -0.3 is 15.4 Å². The van der Waals surface area contributed by atoms with Crippen LogP contribution in [0.5, 0.6) is 0 Å². The number of aromatic nitrogens is 2. The Morgan fingerprint density at radius 3 is 2.43 bits per heavy atom. The van der Waals surface area contributed by atoms with E-state index in [0.29, 0.717) is 22.4 Å². The molecule has 0 aliphatic carbocycles. The van der Waals surface area contributed by atoms with Gasteiger partial charge in [-0.25, -0.2) is 9.78 Å². The molecule has 9 nitrogen and oxygen atoms in total. The van der Waals surface area contributed by atoms with Gasteiger partial charge in [-0.05, 0) is 43.3 Å². The average molecular weight is 408 g/mol. The van der Waals surface area contributed by atoms with E-state index in [9.17, 15) is 19.2 Å². The van der Waals surface area contributed by atoms with Gasteiger partial charge in [0.25, 0.3) is 11.5 Å². The van der Waals surface area contributed by atoms with Crippen LogP contribution in [0.4, 0.5) is 0 Å². The summed E-state index contributed by atoms with van der Waals surface area (Å²) in [6.07, 6.45) is 0. The molecule has 0 radical (unpaired) electrons. The lowest BCUT2D eigenvalue weighted by Crippen LogP contribution is -2.37. The van der Waals surface area contributed by atoms with Crippen LogP contribution in [-0.2, 0) is 14.3 Å². The van der Waals surface area contributed by atoms with Crippen LogP contribution in [0.2, 0.25) is 0 Å². The van der Waals surface area contributed by atoms with E-state index in [4.69, 9.17) is 4.74 Å². The third-order valence-electron chi connectivity index (χ3n) is 4.36. The first-order valence-corrected chi connectivity index (χ1v) is 9.14. The van der Waals surface area contributed by atoms with E-state index < -0.39 is 18.5 Å². The Labute approximate surface area is 171 Å². The van der Waals surface area contributed by atoms with Crippen LogP contribution in [0, 0.1) is 6.92 Å². The molecule has 0 unspecified atom stereocenters. The number of carbonyl (C=O) groups excluding carboxylic acids is 3. The maximum absolute atomic E-state index is 12.8. The number of esters is 1. The normalized spacial score (nSPS) is 10.5. The number of benzene rings is 2. The number of ether oxygens (including phenoxy) is 1. The molecule has 9 heteroatoms. The second kappa shape index (κ2) is 8.99. The van der Waals surface area contributed by atoms with Gasteiger partial charge in [-0.2, -0.15) is 0 Å². The fourth-order valence-corrected chi connectivity index (χ4v) is 2.83. The molecule has 0 fully saturated rings. The summed E-state index contributed by atoms with van der Waals surface area (Å²) in [5.41, 5.74) is 1.18. The number of fused-ring (bicyclic) bond motifs is 1. The van der Waals surface area contributed by atoms with Gasteiger partial charge in [0.15, 0.2) is 6.61 Å². The van der Waals surface area contributed by atoms with Gasteiger partial charge in [0, 0.05) is 7.05 Å². The van der Waals surface area contributed by atoms with Crippen molar-refractivity contribution in [2.75, 3.05) is 20.2 Å². The van der Waals surface area contributed by atoms with Gasteiger partial charge >= 0.3 is 5.97 Å². The quantitative estimate of drug-likeness (QED) is 0.580. The highest BCUT2D eigenvalue weighted by Crippen LogP contribution is 2.14. The molecule has 0 bridgehead atoms. The maximum atomic E-state index is 12.8. The molecule has 154 valence electrons. The number of nitrogens with one attached hydrogen (secondary N) is 2. The third kappa shape index (κ3) is 4.52. The lowest BCUT2D eigenvalue weighted by Gasteiger charge is -2.11. The summed E-state index contributed by atoms with van der Waals surface area (Å²) in [4.78, 5) is 52.1. The van der Waals surface area contributed by atoms with E-state index in [1.165, 1.54) is 23.7 Å². The van der Waals surface area contributed by atoms with Crippen molar-refractivity contribution in [3.63, 3.8) is 0 Å². The molecule has 1 heterocycles. The molecule has 0 aliphatic rings. The molecule has 2 amide bonds. The number of likely N-dealkylation sites (N-methyl/N-ethyl adjacent to an activating group) is 1. The smallest absolute Gasteiger partial charge is 0.338 e. The van der Waals surface area contributed by atoms with E-state index in [1.54, 1.807) is 37.3 Å². The number of para-hydroxylation sites is 1. The highest BCUT2D eigenvalue weighted by molar-refractivity contribution is 5.92. The van der Waals surface area contributed by atoms with E-state index in [1.807, 2.05) is 6.07 Å². The fraction of sp³-hybridized carbons (Fsp3) is 0.190. The Morgan fingerprint density at radius 2 is 1.73 bits per heavy atom. The van der Waals surface area contributed by atoms with Crippen LogP contribution in [0.15, 0.2) is 53.3 Å². The van der Waals surface area contributed by atoms with E-state index >= 15 is 0 Å². The predicted octanol–water partition coefficient (Wildman–Crippen LogP) is 0.713. The largest absolute Gasteiger partial charge is 0.452 e. The van der Waals surface area contributed by atoms with Gasteiger partial charge in [0.05, 0.1) is 28.7 Å². The second-order valence-corrected chi connectivity index (χ2v) is 6.39. The summed E-state index contributed by atoms with van der Waals surface area (Å²) in [5.74, 6) is -1.13. The summed E-state index contributed by atoms with van der Waals surface area (Å²) < 4.78 is 6.40.